The summed E-state index contributed by atoms with van der Waals surface area (Å²) < 4.78 is 38.5. The number of nitrogens with one attached hydrogen (secondary N) is 1. The summed E-state index contributed by atoms with van der Waals surface area (Å²) in [5, 5.41) is 3.94. The Morgan fingerprint density at radius 2 is 1.77 bits per heavy atom. The standard InChI is InChI=1S/C28H36ClN3O6S/c1-2-38-28(34)22-10-12-32(13-11-22)39(35,36)25-5-3-4-23(18-25)27(33)20-30-19-26(31-14-16-37-17-15-31)21-6-8-24(29)9-7-21/h3-9,18,22,26,30H,2,10-17,19-20H2,1H3. The van der Waals surface area contributed by atoms with Gasteiger partial charge in [0.25, 0.3) is 0 Å². The van der Waals surface area contributed by atoms with E-state index in [0.29, 0.717) is 49.8 Å². The van der Waals surface area contributed by atoms with Crippen molar-refractivity contribution in [1.29, 1.82) is 0 Å². The van der Waals surface area contributed by atoms with Crippen molar-refractivity contribution in [1.82, 2.24) is 14.5 Å². The SMILES string of the molecule is CCOC(=O)C1CCN(S(=O)(=O)c2cccc(C(=O)CNCC(c3ccc(Cl)cc3)N3CCOCC3)c2)CC1. The largest absolute Gasteiger partial charge is 0.466 e. The molecule has 0 saturated carbocycles. The van der Waals surface area contributed by atoms with E-state index in [1.165, 1.54) is 16.4 Å². The van der Waals surface area contributed by atoms with Gasteiger partial charge < -0.3 is 14.8 Å². The number of carbonyl (C=O) groups excluding carboxylic acids is 2. The second kappa shape index (κ2) is 13.8. The molecule has 0 bridgehead atoms. The molecule has 212 valence electrons. The van der Waals surface area contributed by atoms with E-state index in [4.69, 9.17) is 21.1 Å². The van der Waals surface area contributed by atoms with Gasteiger partial charge in [0.1, 0.15) is 0 Å². The van der Waals surface area contributed by atoms with Crippen LogP contribution in [0.3, 0.4) is 0 Å². The molecule has 0 radical (unpaired) electrons. The monoisotopic (exact) mass is 577 g/mol. The molecule has 0 aromatic heterocycles. The first-order valence-electron chi connectivity index (χ1n) is 13.4. The van der Waals surface area contributed by atoms with E-state index in [1.807, 2.05) is 24.3 Å². The number of hydrogen-bond acceptors (Lipinski definition) is 8. The van der Waals surface area contributed by atoms with Crippen molar-refractivity contribution in [3.8, 4) is 0 Å². The van der Waals surface area contributed by atoms with Crippen LogP contribution >= 0.6 is 11.6 Å². The van der Waals surface area contributed by atoms with Crippen LogP contribution in [0.5, 0.6) is 0 Å². The molecule has 2 fully saturated rings. The van der Waals surface area contributed by atoms with Crippen molar-refractivity contribution in [3.05, 3.63) is 64.7 Å². The summed E-state index contributed by atoms with van der Waals surface area (Å²) in [7, 11) is -3.79. The molecule has 0 spiro atoms. The summed E-state index contributed by atoms with van der Waals surface area (Å²) >= 11 is 6.08. The smallest absolute Gasteiger partial charge is 0.309 e. The van der Waals surface area contributed by atoms with Gasteiger partial charge in [-0.05, 0) is 49.6 Å². The number of nitrogens with zero attached hydrogens (tertiary/aromatic N) is 2. The molecule has 1 atom stereocenters. The van der Waals surface area contributed by atoms with E-state index in [1.54, 1.807) is 19.1 Å². The highest BCUT2D eigenvalue weighted by atomic mass is 35.5. The maximum atomic E-state index is 13.3. The molecule has 2 aromatic carbocycles. The van der Waals surface area contributed by atoms with Crippen molar-refractivity contribution in [2.75, 3.05) is 59.1 Å². The van der Waals surface area contributed by atoms with Gasteiger partial charge >= 0.3 is 5.97 Å². The summed E-state index contributed by atoms with van der Waals surface area (Å²) in [4.78, 5) is 27.5. The number of piperidine rings is 1. The van der Waals surface area contributed by atoms with Crippen LogP contribution in [0, 0.1) is 5.92 Å². The van der Waals surface area contributed by atoms with Crippen LogP contribution < -0.4 is 5.32 Å². The van der Waals surface area contributed by atoms with Crippen LogP contribution in [0.15, 0.2) is 53.4 Å². The average molecular weight is 578 g/mol. The van der Waals surface area contributed by atoms with Crippen LogP contribution in [0.25, 0.3) is 0 Å². The zero-order valence-corrected chi connectivity index (χ0v) is 23.8. The van der Waals surface area contributed by atoms with Gasteiger partial charge in [-0.2, -0.15) is 4.31 Å². The third kappa shape index (κ3) is 7.65. The Morgan fingerprint density at radius 1 is 1.08 bits per heavy atom. The van der Waals surface area contributed by atoms with Gasteiger partial charge in [-0.15, -0.1) is 0 Å². The van der Waals surface area contributed by atoms with Crippen LogP contribution in [-0.2, 0) is 24.3 Å². The molecule has 1 N–H and O–H groups in total. The molecular weight excluding hydrogens is 542 g/mol. The lowest BCUT2D eigenvalue weighted by atomic mass is 9.98. The maximum absolute atomic E-state index is 13.3. The van der Waals surface area contributed by atoms with Gasteiger partial charge in [0.05, 0.1) is 37.2 Å². The van der Waals surface area contributed by atoms with Crippen molar-refractivity contribution >= 4 is 33.4 Å². The fourth-order valence-corrected chi connectivity index (χ4v) is 6.67. The molecule has 2 saturated heterocycles. The molecule has 1 unspecified atom stereocenters. The lowest BCUT2D eigenvalue weighted by Crippen LogP contribution is -2.43. The van der Waals surface area contributed by atoms with E-state index < -0.39 is 10.0 Å². The molecule has 0 amide bonds. The lowest BCUT2D eigenvalue weighted by molar-refractivity contribution is -0.149. The van der Waals surface area contributed by atoms with Crippen LogP contribution in [-0.4, -0.2) is 88.5 Å². The van der Waals surface area contributed by atoms with Crippen molar-refractivity contribution in [2.45, 2.75) is 30.7 Å². The predicted octanol–water partition coefficient (Wildman–Crippen LogP) is 3.15. The Bertz CT molecular complexity index is 1230. The molecular formula is C28H36ClN3O6S. The number of halogens is 1. The van der Waals surface area contributed by atoms with Gasteiger partial charge in [0, 0.05) is 49.4 Å². The van der Waals surface area contributed by atoms with E-state index >= 15 is 0 Å². The third-order valence-corrected chi connectivity index (χ3v) is 9.38. The van der Waals surface area contributed by atoms with Gasteiger partial charge in [0.15, 0.2) is 5.78 Å². The number of benzene rings is 2. The van der Waals surface area contributed by atoms with Crippen molar-refractivity contribution in [2.24, 2.45) is 5.92 Å². The predicted molar refractivity (Wildman–Crippen MR) is 148 cm³/mol. The number of sulfonamides is 1. The normalized spacial score (nSPS) is 18.5. The summed E-state index contributed by atoms with van der Waals surface area (Å²) in [6.45, 7) is 6.04. The Hall–Kier alpha value is -2.34. The highest BCUT2D eigenvalue weighted by molar-refractivity contribution is 7.89. The van der Waals surface area contributed by atoms with Crippen LogP contribution in [0.4, 0.5) is 0 Å². The molecule has 0 aliphatic carbocycles. The van der Waals surface area contributed by atoms with E-state index in [2.05, 4.69) is 10.2 Å². The number of esters is 1. The number of rotatable bonds is 11. The van der Waals surface area contributed by atoms with Crippen molar-refractivity contribution < 1.29 is 27.5 Å². The van der Waals surface area contributed by atoms with Gasteiger partial charge in [0.2, 0.25) is 10.0 Å². The number of ether oxygens (including phenoxy) is 2. The summed E-state index contributed by atoms with van der Waals surface area (Å²) in [5.74, 6) is -0.754. The molecule has 2 aliphatic rings. The topological polar surface area (TPSA) is 105 Å². The summed E-state index contributed by atoms with van der Waals surface area (Å²) in [6.07, 6.45) is 0.830. The van der Waals surface area contributed by atoms with Crippen LogP contribution in [0.2, 0.25) is 5.02 Å². The molecule has 2 aromatic rings. The lowest BCUT2D eigenvalue weighted by Gasteiger charge is -2.35. The quantitative estimate of drug-likeness (QED) is 0.321. The van der Waals surface area contributed by atoms with E-state index in [9.17, 15) is 18.0 Å². The van der Waals surface area contributed by atoms with Gasteiger partial charge in [-0.1, -0.05) is 35.9 Å². The molecule has 39 heavy (non-hydrogen) atoms. The molecule has 9 nitrogen and oxygen atoms in total. The average Bonchev–Trinajstić information content (AvgIpc) is 2.96. The Morgan fingerprint density at radius 3 is 2.44 bits per heavy atom. The summed E-state index contributed by atoms with van der Waals surface area (Å²) in [5.41, 5.74) is 1.43. The minimum Gasteiger partial charge on any atom is -0.466 e. The molecule has 2 heterocycles. The Labute approximate surface area is 235 Å². The summed E-state index contributed by atoms with van der Waals surface area (Å²) in [6, 6.07) is 13.9. The third-order valence-electron chi connectivity index (χ3n) is 7.23. The first kappa shape index (κ1) is 29.6. The molecule has 11 heteroatoms. The zero-order valence-electron chi connectivity index (χ0n) is 22.2. The van der Waals surface area contributed by atoms with Crippen molar-refractivity contribution in [3.63, 3.8) is 0 Å². The van der Waals surface area contributed by atoms with Gasteiger partial charge in [-0.25, -0.2) is 8.42 Å². The number of ketones is 1. The minimum absolute atomic E-state index is 0.0446. The number of hydrogen-bond donors (Lipinski definition) is 1. The zero-order chi connectivity index (χ0) is 27.8. The first-order valence-corrected chi connectivity index (χ1v) is 15.2. The number of Topliss-reactive ketones (excluding diaryl/α,β-unsaturated/α-hetero) is 1. The highest BCUT2D eigenvalue weighted by Crippen LogP contribution is 2.26. The minimum atomic E-state index is -3.79. The highest BCUT2D eigenvalue weighted by Gasteiger charge is 2.33. The second-order valence-corrected chi connectivity index (χ2v) is 12.1. The Kier molecular flexibility index (Phi) is 10.5. The maximum Gasteiger partial charge on any atom is 0.309 e. The fourth-order valence-electron chi connectivity index (χ4n) is 5.03. The number of carbonyl (C=O) groups is 2. The van der Waals surface area contributed by atoms with Crippen LogP contribution in [0.1, 0.15) is 41.7 Å². The van der Waals surface area contributed by atoms with E-state index in [-0.39, 0.29) is 48.2 Å². The second-order valence-electron chi connectivity index (χ2n) is 9.73. The first-order chi connectivity index (χ1) is 18.8. The molecule has 2 aliphatic heterocycles. The Balaban J connectivity index is 1.37. The molecule has 4 rings (SSSR count). The van der Waals surface area contributed by atoms with E-state index in [0.717, 1.165) is 18.7 Å². The van der Waals surface area contributed by atoms with Gasteiger partial charge in [-0.3, -0.25) is 14.5 Å². The number of morpholine rings is 1. The fraction of sp³-hybridized carbons (Fsp3) is 0.500.